The van der Waals surface area contributed by atoms with E-state index in [1.165, 1.54) is 70.6 Å². The number of hydrogen-bond donors (Lipinski definition) is 1. The van der Waals surface area contributed by atoms with E-state index in [0.29, 0.717) is 12.8 Å². The Morgan fingerprint density at radius 2 is 0.778 bits per heavy atom. The molecule has 0 amide bonds. The lowest BCUT2D eigenvalue weighted by Crippen LogP contribution is -2.25. The number of rotatable bonds is 32. The number of carbonyl (C=O) groups excluding carboxylic acids is 2. The van der Waals surface area contributed by atoms with Crippen LogP contribution in [0.3, 0.4) is 0 Å². The number of ether oxygens (including phenoxy) is 2. The van der Waals surface area contributed by atoms with E-state index >= 15 is 0 Å². The maximum atomic E-state index is 11.9. The molecule has 0 heterocycles. The van der Waals surface area contributed by atoms with Gasteiger partial charge in [0.15, 0.2) is 0 Å². The van der Waals surface area contributed by atoms with Crippen molar-refractivity contribution in [3.05, 3.63) is 60.8 Å². The van der Waals surface area contributed by atoms with Crippen LogP contribution in [-0.2, 0) is 19.1 Å². The maximum Gasteiger partial charge on any atom is 0.305 e. The van der Waals surface area contributed by atoms with Crippen LogP contribution in [0.1, 0.15) is 162 Å². The molecule has 0 radical (unpaired) electrons. The standard InChI is InChI=1S/C40H68O5/c1-3-5-7-9-11-13-15-17-19-21-23-25-27-29-31-33-35-40(43)45-37-38(41)36-44-39(42)34-32-30-28-26-24-22-20-18-16-14-12-10-8-6-4-2/h12-15,18-21,24,26,38,41H,3-11,16-17,22-23,25,27-37H2,1-2H3/b14-12-,15-13-,20-18-,21-19-,26-24-/t38-/m0/s1. The van der Waals surface area contributed by atoms with Crippen LogP contribution in [0.15, 0.2) is 60.8 Å². The lowest BCUT2D eigenvalue weighted by molar-refractivity contribution is -0.152. The fourth-order valence-electron chi connectivity index (χ4n) is 4.65. The van der Waals surface area contributed by atoms with Crippen LogP contribution in [0.4, 0.5) is 0 Å². The maximum absolute atomic E-state index is 11.9. The molecule has 0 aliphatic rings. The van der Waals surface area contributed by atoms with Gasteiger partial charge in [-0.3, -0.25) is 9.59 Å². The highest BCUT2D eigenvalue weighted by molar-refractivity contribution is 5.69. The molecule has 45 heavy (non-hydrogen) atoms. The molecule has 1 N–H and O–H groups in total. The minimum Gasteiger partial charge on any atom is -0.463 e. The number of hydrogen-bond acceptors (Lipinski definition) is 5. The van der Waals surface area contributed by atoms with Crippen LogP contribution < -0.4 is 0 Å². The van der Waals surface area contributed by atoms with Crippen molar-refractivity contribution in [1.29, 1.82) is 0 Å². The number of allylic oxidation sites excluding steroid dienone is 10. The molecule has 0 aliphatic heterocycles. The Balaban J connectivity index is 3.56. The van der Waals surface area contributed by atoms with E-state index in [4.69, 9.17) is 9.47 Å². The average Bonchev–Trinajstić information content (AvgIpc) is 3.04. The second-order valence-corrected chi connectivity index (χ2v) is 12.0. The SMILES string of the molecule is CCCCC/C=C\C/C=C\C/C=C\CCCCC(=O)OC[C@H](O)COC(=O)CCCCCCC/C=C\C/C=C\CCCCCC. The highest BCUT2D eigenvalue weighted by atomic mass is 16.6. The third kappa shape index (κ3) is 35.9. The van der Waals surface area contributed by atoms with Crippen molar-refractivity contribution in [3.63, 3.8) is 0 Å². The van der Waals surface area contributed by atoms with Crippen LogP contribution in [0, 0.1) is 0 Å². The van der Waals surface area contributed by atoms with E-state index in [9.17, 15) is 14.7 Å². The summed E-state index contributed by atoms with van der Waals surface area (Å²) in [5.74, 6) is -0.629. The molecule has 0 saturated heterocycles. The molecule has 5 heteroatoms. The van der Waals surface area contributed by atoms with E-state index in [-0.39, 0.29) is 25.2 Å². The second-order valence-electron chi connectivity index (χ2n) is 12.0. The minimum absolute atomic E-state index is 0.138. The first-order chi connectivity index (χ1) is 22.1. The second kappa shape index (κ2) is 36.1. The summed E-state index contributed by atoms with van der Waals surface area (Å²) < 4.78 is 10.3. The molecule has 5 nitrogen and oxygen atoms in total. The molecular weight excluding hydrogens is 560 g/mol. The quantitative estimate of drug-likeness (QED) is 0.0456. The molecule has 0 bridgehead atoms. The van der Waals surface area contributed by atoms with Gasteiger partial charge in [-0.25, -0.2) is 0 Å². The number of aliphatic hydroxyl groups excluding tert-OH is 1. The Morgan fingerprint density at radius 3 is 1.24 bits per heavy atom. The zero-order valence-corrected chi connectivity index (χ0v) is 29.1. The van der Waals surface area contributed by atoms with Gasteiger partial charge in [-0.1, -0.05) is 126 Å². The highest BCUT2D eigenvalue weighted by Gasteiger charge is 2.12. The molecular formula is C40H68O5. The van der Waals surface area contributed by atoms with Crippen molar-refractivity contribution in [2.75, 3.05) is 13.2 Å². The normalized spacial score (nSPS) is 12.9. The minimum atomic E-state index is -0.986. The number of unbranched alkanes of at least 4 members (excludes halogenated alkanes) is 14. The van der Waals surface area contributed by atoms with Crippen LogP contribution in [-0.4, -0.2) is 36.4 Å². The summed E-state index contributed by atoms with van der Waals surface area (Å²) in [6.07, 6.45) is 45.5. The van der Waals surface area contributed by atoms with Crippen molar-refractivity contribution >= 4 is 11.9 Å². The van der Waals surface area contributed by atoms with E-state index in [2.05, 4.69) is 74.6 Å². The number of aliphatic hydroxyl groups is 1. The van der Waals surface area contributed by atoms with E-state index < -0.39 is 6.10 Å². The highest BCUT2D eigenvalue weighted by Crippen LogP contribution is 2.09. The summed E-state index contributed by atoms with van der Waals surface area (Å²) in [6, 6.07) is 0. The van der Waals surface area contributed by atoms with E-state index in [1.807, 2.05) is 0 Å². The summed E-state index contributed by atoms with van der Waals surface area (Å²) in [4.78, 5) is 23.8. The van der Waals surface area contributed by atoms with Gasteiger partial charge in [0, 0.05) is 12.8 Å². The lowest BCUT2D eigenvalue weighted by atomic mass is 10.1. The van der Waals surface area contributed by atoms with Gasteiger partial charge in [-0.2, -0.15) is 0 Å². The van der Waals surface area contributed by atoms with Crippen molar-refractivity contribution in [2.45, 2.75) is 168 Å². The molecule has 258 valence electrons. The van der Waals surface area contributed by atoms with Gasteiger partial charge >= 0.3 is 11.9 Å². The van der Waals surface area contributed by atoms with Gasteiger partial charge in [0.05, 0.1) is 0 Å². The Morgan fingerprint density at radius 1 is 0.467 bits per heavy atom. The summed E-state index contributed by atoms with van der Waals surface area (Å²) in [5.41, 5.74) is 0. The van der Waals surface area contributed by atoms with Gasteiger partial charge in [-0.15, -0.1) is 0 Å². The topological polar surface area (TPSA) is 72.8 Å². The zero-order valence-electron chi connectivity index (χ0n) is 29.1. The first-order valence-corrected chi connectivity index (χ1v) is 18.3. The Labute approximate surface area is 277 Å². The summed E-state index contributed by atoms with van der Waals surface area (Å²) in [5, 5.41) is 9.98. The molecule has 0 unspecified atom stereocenters. The van der Waals surface area contributed by atoms with Crippen molar-refractivity contribution < 1.29 is 24.2 Å². The summed E-state index contributed by atoms with van der Waals surface area (Å²) in [6.45, 7) is 4.19. The molecule has 0 aliphatic carbocycles. The smallest absolute Gasteiger partial charge is 0.305 e. The molecule has 0 spiro atoms. The molecule has 0 aromatic heterocycles. The van der Waals surface area contributed by atoms with Crippen molar-refractivity contribution in [2.24, 2.45) is 0 Å². The van der Waals surface area contributed by atoms with Crippen LogP contribution >= 0.6 is 0 Å². The first-order valence-electron chi connectivity index (χ1n) is 18.3. The average molecular weight is 629 g/mol. The third-order valence-corrected chi connectivity index (χ3v) is 7.48. The van der Waals surface area contributed by atoms with Crippen LogP contribution in [0.25, 0.3) is 0 Å². The Bertz CT molecular complexity index is 808. The third-order valence-electron chi connectivity index (χ3n) is 7.48. The predicted molar refractivity (Wildman–Crippen MR) is 191 cm³/mol. The van der Waals surface area contributed by atoms with Crippen LogP contribution in [0.2, 0.25) is 0 Å². The van der Waals surface area contributed by atoms with Gasteiger partial charge < -0.3 is 14.6 Å². The largest absolute Gasteiger partial charge is 0.463 e. The van der Waals surface area contributed by atoms with E-state index in [0.717, 1.165) is 64.2 Å². The monoisotopic (exact) mass is 629 g/mol. The van der Waals surface area contributed by atoms with Gasteiger partial charge in [0.1, 0.15) is 19.3 Å². The van der Waals surface area contributed by atoms with Gasteiger partial charge in [-0.05, 0) is 83.5 Å². The van der Waals surface area contributed by atoms with Crippen molar-refractivity contribution in [1.82, 2.24) is 0 Å². The lowest BCUT2D eigenvalue weighted by Gasteiger charge is -2.12. The predicted octanol–water partition coefficient (Wildman–Crippen LogP) is 11.2. The first kappa shape index (κ1) is 42.6. The van der Waals surface area contributed by atoms with E-state index in [1.54, 1.807) is 0 Å². The van der Waals surface area contributed by atoms with Gasteiger partial charge in [0.2, 0.25) is 0 Å². The van der Waals surface area contributed by atoms with Crippen LogP contribution in [0.5, 0.6) is 0 Å². The summed E-state index contributed by atoms with van der Waals surface area (Å²) >= 11 is 0. The molecule has 0 aromatic rings. The Kier molecular flexibility index (Phi) is 34.1. The molecule has 1 atom stereocenters. The van der Waals surface area contributed by atoms with Gasteiger partial charge in [0.25, 0.3) is 0 Å². The number of carbonyl (C=O) groups is 2. The molecule has 0 rings (SSSR count). The Hall–Kier alpha value is -2.40. The fraction of sp³-hybridized carbons (Fsp3) is 0.700. The summed E-state index contributed by atoms with van der Waals surface area (Å²) in [7, 11) is 0. The zero-order chi connectivity index (χ0) is 32.9. The molecule has 0 saturated carbocycles. The number of esters is 2. The van der Waals surface area contributed by atoms with Crippen molar-refractivity contribution in [3.8, 4) is 0 Å². The fourth-order valence-corrected chi connectivity index (χ4v) is 4.65. The molecule has 0 fully saturated rings. The molecule has 0 aromatic carbocycles.